The lowest BCUT2D eigenvalue weighted by Gasteiger charge is -2.11. The van der Waals surface area contributed by atoms with E-state index in [1.54, 1.807) is 6.07 Å². The normalized spacial score (nSPS) is 11.2. The fourth-order valence-corrected chi connectivity index (χ4v) is 4.15. The first kappa shape index (κ1) is 20.1. The number of aryl methyl sites for hydroxylation is 1. The minimum absolute atomic E-state index is 0.0491. The number of nitrogens with one attached hydrogen (secondary N) is 2. The van der Waals surface area contributed by atoms with Crippen molar-refractivity contribution in [3.63, 3.8) is 0 Å². The topological polar surface area (TPSA) is 75.3 Å². The van der Waals surface area contributed by atoms with E-state index in [0.717, 1.165) is 11.1 Å². The van der Waals surface area contributed by atoms with Crippen LogP contribution in [-0.2, 0) is 16.6 Å². The molecule has 1 amide bonds. The lowest BCUT2D eigenvalue weighted by molar-refractivity contribution is 0.102. The Hall–Kier alpha value is -2.67. The molecular formula is C21H19ClN2O3S. The number of anilines is 1. The third-order valence-corrected chi connectivity index (χ3v) is 6.07. The summed E-state index contributed by atoms with van der Waals surface area (Å²) in [7, 11) is -3.89. The van der Waals surface area contributed by atoms with Crippen LogP contribution in [0.3, 0.4) is 0 Å². The predicted molar refractivity (Wildman–Crippen MR) is 111 cm³/mol. The second kappa shape index (κ2) is 8.56. The number of halogens is 1. The summed E-state index contributed by atoms with van der Waals surface area (Å²) in [5.41, 5.74) is 2.58. The molecule has 5 nitrogen and oxygen atoms in total. The van der Waals surface area contributed by atoms with Crippen molar-refractivity contribution in [2.75, 3.05) is 5.32 Å². The Bertz CT molecular complexity index is 1100. The van der Waals surface area contributed by atoms with Crippen molar-refractivity contribution in [2.24, 2.45) is 0 Å². The summed E-state index contributed by atoms with van der Waals surface area (Å²) in [6, 6.07) is 20.7. The van der Waals surface area contributed by atoms with Gasteiger partial charge in [-0.05, 0) is 42.3 Å². The van der Waals surface area contributed by atoms with Crippen LogP contribution in [0.15, 0.2) is 77.7 Å². The molecule has 0 saturated carbocycles. The van der Waals surface area contributed by atoms with Crippen LogP contribution < -0.4 is 10.0 Å². The van der Waals surface area contributed by atoms with Crippen LogP contribution in [0, 0.1) is 6.92 Å². The van der Waals surface area contributed by atoms with Gasteiger partial charge in [0.2, 0.25) is 10.0 Å². The van der Waals surface area contributed by atoms with Gasteiger partial charge in [0, 0.05) is 17.8 Å². The number of carbonyl (C=O) groups is 1. The Morgan fingerprint density at radius 3 is 2.36 bits per heavy atom. The van der Waals surface area contributed by atoms with Crippen molar-refractivity contribution in [1.29, 1.82) is 0 Å². The molecule has 3 rings (SSSR count). The average molecular weight is 415 g/mol. The van der Waals surface area contributed by atoms with E-state index in [9.17, 15) is 13.2 Å². The van der Waals surface area contributed by atoms with Crippen molar-refractivity contribution in [3.05, 3.63) is 94.5 Å². The van der Waals surface area contributed by atoms with Gasteiger partial charge in [-0.2, -0.15) is 0 Å². The molecule has 2 N–H and O–H groups in total. The van der Waals surface area contributed by atoms with E-state index in [-0.39, 0.29) is 22.0 Å². The van der Waals surface area contributed by atoms with Crippen LogP contribution in [-0.4, -0.2) is 14.3 Å². The first-order valence-electron chi connectivity index (χ1n) is 8.57. The zero-order valence-electron chi connectivity index (χ0n) is 15.1. The molecule has 0 aliphatic rings. The van der Waals surface area contributed by atoms with E-state index in [2.05, 4.69) is 10.0 Å². The first-order valence-corrected chi connectivity index (χ1v) is 10.4. The summed E-state index contributed by atoms with van der Waals surface area (Å²) < 4.78 is 27.9. The Morgan fingerprint density at radius 1 is 0.964 bits per heavy atom. The SMILES string of the molecule is Cc1ccccc1NC(=O)c1ccc(Cl)c(S(=O)(=O)NCc2ccccc2)c1. The number of rotatable bonds is 6. The highest BCUT2D eigenvalue weighted by molar-refractivity contribution is 7.89. The summed E-state index contributed by atoms with van der Waals surface area (Å²) >= 11 is 6.10. The molecule has 7 heteroatoms. The van der Waals surface area contributed by atoms with Gasteiger partial charge in [-0.3, -0.25) is 4.79 Å². The molecule has 0 atom stereocenters. The van der Waals surface area contributed by atoms with Crippen molar-refractivity contribution in [1.82, 2.24) is 4.72 Å². The monoisotopic (exact) mass is 414 g/mol. The summed E-state index contributed by atoms with van der Waals surface area (Å²) in [4.78, 5) is 12.4. The largest absolute Gasteiger partial charge is 0.322 e. The molecule has 0 heterocycles. The highest BCUT2D eigenvalue weighted by Crippen LogP contribution is 2.24. The zero-order chi connectivity index (χ0) is 20.1. The molecule has 144 valence electrons. The predicted octanol–water partition coefficient (Wildman–Crippen LogP) is 4.38. The third-order valence-electron chi connectivity index (χ3n) is 4.19. The number of amides is 1. The minimum Gasteiger partial charge on any atom is -0.322 e. The lowest BCUT2D eigenvalue weighted by atomic mass is 10.1. The molecule has 3 aromatic rings. The van der Waals surface area contributed by atoms with Gasteiger partial charge in [-0.25, -0.2) is 13.1 Å². The fourth-order valence-electron chi connectivity index (χ4n) is 2.61. The standard InChI is InChI=1S/C21H19ClN2O3S/c1-15-7-5-6-10-19(15)24-21(25)17-11-12-18(22)20(13-17)28(26,27)23-14-16-8-3-2-4-9-16/h2-13,23H,14H2,1H3,(H,24,25). The van der Waals surface area contributed by atoms with E-state index < -0.39 is 15.9 Å². The summed E-state index contributed by atoms with van der Waals surface area (Å²) in [5.74, 6) is -0.412. The number of sulfonamides is 1. The van der Waals surface area contributed by atoms with Crippen molar-refractivity contribution >= 4 is 33.2 Å². The van der Waals surface area contributed by atoms with E-state index in [1.165, 1.54) is 18.2 Å². The summed E-state index contributed by atoms with van der Waals surface area (Å²) in [6.07, 6.45) is 0. The van der Waals surface area contributed by atoms with Gasteiger partial charge >= 0.3 is 0 Å². The van der Waals surface area contributed by atoms with Crippen molar-refractivity contribution < 1.29 is 13.2 Å². The lowest BCUT2D eigenvalue weighted by Crippen LogP contribution is -2.24. The average Bonchev–Trinajstić information content (AvgIpc) is 2.69. The number of hydrogen-bond acceptors (Lipinski definition) is 3. The van der Waals surface area contributed by atoms with Crippen LogP contribution in [0.25, 0.3) is 0 Å². The number of carbonyl (C=O) groups excluding carboxylic acids is 1. The Kier molecular flexibility index (Phi) is 6.14. The second-order valence-corrected chi connectivity index (χ2v) is 8.37. The molecule has 0 radical (unpaired) electrons. The van der Waals surface area contributed by atoms with Gasteiger partial charge in [0.05, 0.1) is 5.02 Å². The van der Waals surface area contributed by atoms with E-state index in [4.69, 9.17) is 11.6 Å². The smallest absolute Gasteiger partial charge is 0.255 e. The number of para-hydroxylation sites is 1. The van der Waals surface area contributed by atoms with Crippen LogP contribution in [0.4, 0.5) is 5.69 Å². The fraction of sp³-hybridized carbons (Fsp3) is 0.0952. The minimum atomic E-state index is -3.89. The van der Waals surface area contributed by atoms with E-state index in [1.807, 2.05) is 55.5 Å². The van der Waals surface area contributed by atoms with Crippen LogP contribution in [0.2, 0.25) is 5.02 Å². The third kappa shape index (κ3) is 4.78. The molecule has 0 unspecified atom stereocenters. The van der Waals surface area contributed by atoms with Crippen LogP contribution in [0.1, 0.15) is 21.5 Å². The molecule has 0 aliphatic carbocycles. The Morgan fingerprint density at radius 2 is 1.64 bits per heavy atom. The van der Waals surface area contributed by atoms with E-state index >= 15 is 0 Å². The highest BCUT2D eigenvalue weighted by Gasteiger charge is 2.20. The summed E-state index contributed by atoms with van der Waals surface area (Å²) in [5, 5.41) is 2.83. The first-order chi connectivity index (χ1) is 13.4. The van der Waals surface area contributed by atoms with Gasteiger partial charge in [-0.1, -0.05) is 60.1 Å². The highest BCUT2D eigenvalue weighted by atomic mass is 35.5. The Balaban J connectivity index is 1.82. The van der Waals surface area contributed by atoms with Crippen LogP contribution in [0.5, 0.6) is 0 Å². The molecule has 0 aromatic heterocycles. The molecule has 3 aromatic carbocycles. The van der Waals surface area contributed by atoms with Gasteiger partial charge in [-0.15, -0.1) is 0 Å². The number of benzene rings is 3. The maximum atomic E-state index is 12.7. The quantitative estimate of drug-likeness (QED) is 0.628. The molecule has 0 bridgehead atoms. The maximum Gasteiger partial charge on any atom is 0.255 e. The van der Waals surface area contributed by atoms with Gasteiger partial charge in [0.1, 0.15) is 4.90 Å². The van der Waals surface area contributed by atoms with Gasteiger partial charge < -0.3 is 5.32 Å². The maximum absolute atomic E-state index is 12.7. The molecule has 0 saturated heterocycles. The van der Waals surface area contributed by atoms with Crippen molar-refractivity contribution in [3.8, 4) is 0 Å². The molecule has 0 aliphatic heterocycles. The van der Waals surface area contributed by atoms with Crippen molar-refractivity contribution in [2.45, 2.75) is 18.4 Å². The zero-order valence-corrected chi connectivity index (χ0v) is 16.7. The second-order valence-electron chi connectivity index (χ2n) is 6.22. The number of hydrogen-bond donors (Lipinski definition) is 2. The Labute approximate surface area is 169 Å². The molecule has 0 spiro atoms. The molecule has 0 fully saturated rings. The van der Waals surface area contributed by atoms with Crippen LogP contribution >= 0.6 is 11.6 Å². The summed E-state index contributed by atoms with van der Waals surface area (Å²) in [6.45, 7) is 2.00. The molecule has 28 heavy (non-hydrogen) atoms. The molecular weight excluding hydrogens is 396 g/mol. The van der Waals surface area contributed by atoms with Gasteiger partial charge in [0.15, 0.2) is 0 Å². The van der Waals surface area contributed by atoms with Gasteiger partial charge in [0.25, 0.3) is 5.91 Å². The van der Waals surface area contributed by atoms with E-state index in [0.29, 0.717) is 5.69 Å².